The molecule has 0 spiro atoms. The summed E-state index contributed by atoms with van der Waals surface area (Å²) in [5, 5.41) is 3.93. The summed E-state index contributed by atoms with van der Waals surface area (Å²) in [7, 11) is 0. The van der Waals surface area contributed by atoms with E-state index in [-0.39, 0.29) is 6.04 Å². The number of aryl methyl sites for hydroxylation is 1. The third kappa shape index (κ3) is 3.78. The molecule has 18 heavy (non-hydrogen) atoms. The first-order valence-corrected chi connectivity index (χ1v) is 6.99. The van der Waals surface area contributed by atoms with Crippen LogP contribution in [0.2, 0.25) is 0 Å². The van der Waals surface area contributed by atoms with Crippen LogP contribution in [0.3, 0.4) is 0 Å². The summed E-state index contributed by atoms with van der Waals surface area (Å²) in [5.74, 6) is 1.26. The fraction of sp³-hybridized carbons (Fsp3) is 0.846. The number of aromatic nitrogens is 2. The van der Waals surface area contributed by atoms with Gasteiger partial charge >= 0.3 is 0 Å². The van der Waals surface area contributed by atoms with Crippen molar-refractivity contribution in [3.05, 3.63) is 11.7 Å². The number of rotatable bonds is 8. The van der Waals surface area contributed by atoms with Crippen molar-refractivity contribution in [1.82, 2.24) is 10.1 Å². The molecule has 0 aliphatic heterocycles. The second-order valence-electron chi connectivity index (χ2n) is 5.00. The van der Waals surface area contributed by atoms with E-state index < -0.39 is 0 Å². The smallest absolute Gasteiger partial charge is 0.226 e. The third-order valence-corrected chi connectivity index (χ3v) is 3.37. The summed E-state index contributed by atoms with van der Waals surface area (Å²) in [4.78, 5) is 4.32. The maximum absolute atomic E-state index is 5.98. The van der Waals surface area contributed by atoms with Crippen LogP contribution in [0.4, 0.5) is 0 Å². The van der Waals surface area contributed by atoms with Crippen LogP contribution < -0.4 is 5.73 Å². The molecule has 1 unspecified atom stereocenters. The predicted molar refractivity (Wildman–Crippen MR) is 68.0 cm³/mol. The van der Waals surface area contributed by atoms with Gasteiger partial charge in [-0.2, -0.15) is 4.98 Å². The van der Waals surface area contributed by atoms with Crippen LogP contribution >= 0.6 is 0 Å². The highest BCUT2D eigenvalue weighted by Crippen LogP contribution is 2.23. The Morgan fingerprint density at radius 3 is 2.94 bits per heavy atom. The van der Waals surface area contributed by atoms with Gasteiger partial charge in [0.15, 0.2) is 5.82 Å². The Hall–Kier alpha value is -0.940. The standard InChI is InChI=1S/C13H23N3O2/c1-2-3-4-8-12-15-13(16-18-12)11(14)9-17-10-6-5-7-10/h10-11H,2-9,14H2,1H3. The normalized spacial score (nSPS) is 17.7. The van der Waals surface area contributed by atoms with Gasteiger partial charge in [-0.15, -0.1) is 0 Å². The molecule has 1 atom stereocenters. The Morgan fingerprint density at radius 1 is 1.44 bits per heavy atom. The van der Waals surface area contributed by atoms with Crippen LogP contribution in [0.25, 0.3) is 0 Å². The van der Waals surface area contributed by atoms with E-state index in [2.05, 4.69) is 17.1 Å². The Labute approximate surface area is 108 Å². The first kappa shape index (κ1) is 13.5. The lowest BCUT2D eigenvalue weighted by atomic mass is 9.96. The van der Waals surface area contributed by atoms with Gasteiger partial charge in [-0.25, -0.2) is 0 Å². The highest BCUT2D eigenvalue weighted by molar-refractivity contribution is 4.93. The van der Waals surface area contributed by atoms with Crippen molar-refractivity contribution >= 4 is 0 Å². The van der Waals surface area contributed by atoms with E-state index in [9.17, 15) is 0 Å². The van der Waals surface area contributed by atoms with Crippen molar-refractivity contribution in [3.8, 4) is 0 Å². The summed E-state index contributed by atoms with van der Waals surface area (Å²) >= 11 is 0. The summed E-state index contributed by atoms with van der Waals surface area (Å²) in [6.07, 6.45) is 8.28. The fourth-order valence-electron chi connectivity index (χ4n) is 1.90. The van der Waals surface area contributed by atoms with Gasteiger partial charge in [-0.1, -0.05) is 24.9 Å². The molecule has 1 fully saturated rings. The second kappa shape index (κ2) is 6.85. The summed E-state index contributed by atoms with van der Waals surface area (Å²) < 4.78 is 10.8. The highest BCUT2D eigenvalue weighted by Gasteiger charge is 2.21. The first-order chi connectivity index (χ1) is 8.79. The van der Waals surface area contributed by atoms with E-state index >= 15 is 0 Å². The number of nitrogens with zero attached hydrogens (tertiary/aromatic N) is 2. The molecular weight excluding hydrogens is 230 g/mol. The first-order valence-electron chi connectivity index (χ1n) is 6.99. The van der Waals surface area contributed by atoms with Gasteiger partial charge < -0.3 is 15.0 Å². The van der Waals surface area contributed by atoms with Crippen LogP contribution in [-0.4, -0.2) is 22.9 Å². The van der Waals surface area contributed by atoms with Crippen molar-refractivity contribution < 1.29 is 9.26 Å². The van der Waals surface area contributed by atoms with Crippen molar-refractivity contribution in [3.63, 3.8) is 0 Å². The Bertz CT molecular complexity index is 350. The molecule has 1 aromatic rings. The van der Waals surface area contributed by atoms with Gasteiger partial charge in [-0.05, 0) is 25.7 Å². The lowest BCUT2D eigenvalue weighted by Crippen LogP contribution is -2.27. The van der Waals surface area contributed by atoms with Gasteiger partial charge in [0.05, 0.1) is 18.8 Å². The molecule has 0 radical (unpaired) electrons. The van der Waals surface area contributed by atoms with Crippen molar-refractivity contribution in [2.24, 2.45) is 5.73 Å². The SMILES string of the molecule is CCCCCc1nc(C(N)COC2CCC2)no1. The number of ether oxygens (including phenoxy) is 1. The zero-order chi connectivity index (χ0) is 12.8. The zero-order valence-electron chi connectivity index (χ0n) is 11.1. The molecule has 1 aliphatic rings. The quantitative estimate of drug-likeness (QED) is 0.720. The Balaban J connectivity index is 1.73. The summed E-state index contributed by atoms with van der Waals surface area (Å²) in [6, 6.07) is -0.269. The van der Waals surface area contributed by atoms with Crippen molar-refractivity contribution in [1.29, 1.82) is 0 Å². The van der Waals surface area contributed by atoms with E-state index in [0.29, 0.717) is 24.4 Å². The van der Waals surface area contributed by atoms with Gasteiger partial charge in [0.1, 0.15) is 0 Å². The highest BCUT2D eigenvalue weighted by atomic mass is 16.5. The molecular formula is C13H23N3O2. The molecule has 0 amide bonds. The average molecular weight is 253 g/mol. The van der Waals surface area contributed by atoms with Gasteiger partial charge in [0.2, 0.25) is 5.89 Å². The number of hydrogen-bond acceptors (Lipinski definition) is 5. The monoisotopic (exact) mass is 253 g/mol. The average Bonchev–Trinajstić information content (AvgIpc) is 2.76. The van der Waals surface area contributed by atoms with E-state index in [1.807, 2.05) is 0 Å². The van der Waals surface area contributed by atoms with Crippen LogP contribution in [0, 0.1) is 0 Å². The Morgan fingerprint density at radius 2 is 2.28 bits per heavy atom. The maximum atomic E-state index is 5.98. The number of hydrogen-bond donors (Lipinski definition) is 1. The van der Waals surface area contributed by atoms with Crippen LogP contribution in [-0.2, 0) is 11.2 Å². The Kier molecular flexibility index (Phi) is 5.13. The van der Waals surface area contributed by atoms with E-state index in [0.717, 1.165) is 25.7 Å². The van der Waals surface area contributed by atoms with Gasteiger partial charge in [-0.3, -0.25) is 0 Å². The van der Waals surface area contributed by atoms with Crippen LogP contribution in [0.15, 0.2) is 4.52 Å². The summed E-state index contributed by atoms with van der Waals surface area (Å²) in [5.41, 5.74) is 5.98. The van der Waals surface area contributed by atoms with E-state index in [1.165, 1.54) is 19.3 Å². The minimum Gasteiger partial charge on any atom is -0.376 e. The molecule has 102 valence electrons. The molecule has 1 aliphatic carbocycles. The molecule has 1 saturated carbocycles. The lowest BCUT2D eigenvalue weighted by Gasteiger charge is -2.26. The molecule has 0 aromatic carbocycles. The summed E-state index contributed by atoms with van der Waals surface area (Å²) in [6.45, 7) is 2.66. The molecule has 1 heterocycles. The predicted octanol–water partition coefficient (Wildman–Crippen LogP) is 2.37. The minimum absolute atomic E-state index is 0.269. The minimum atomic E-state index is -0.269. The molecule has 0 saturated heterocycles. The molecule has 5 heteroatoms. The van der Waals surface area contributed by atoms with E-state index in [4.69, 9.17) is 15.0 Å². The lowest BCUT2D eigenvalue weighted by molar-refractivity contribution is -0.00549. The van der Waals surface area contributed by atoms with Crippen molar-refractivity contribution in [2.75, 3.05) is 6.61 Å². The second-order valence-corrected chi connectivity index (χ2v) is 5.00. The third-order valence-electron chi connectivity index (χ3n) is 3.37. The fourth-order valence-corrected chi connectivity index (χ4v) is 1.90. The van der Waals surface area contributed by atoms with Crippen LogP contribution in [0.5, 0.6) is 0 Å². The molecule has 2 N–H and O–H groups in total. The molecule has 2 rings (SSSR count). The van der Waals surface area contributed by atoms with Crippen molar-refractivity contribution in [2.45, 2.75) is 64.0 Å². The molecule has 1 aromatic heterocycles. The molecule has 5 nitrogen and oxygen atoms in total. The van der Waals surface area contributed by atoms with Gasteiger partial charge in [0.25, 0.3) is 0 Å². The maximum Gasteiger partial charge on any atom is 0.226 e. The van der Waals surface area contributed by atoms with Crippen LogP contribution in [0.1, 0.15) is 63.2 Å². The largest absolute Gasteiger partial charge is 0.376 e. The van der Waals surface area contributed by atoms with Gasteiger partial charge in [0, 0.05) is 6.42 Å². The zero-order valence-corrected chi connectivity index (χ0v) is 11.1. The van der Waals surface area contributed by atoms with E-state index in [1.54, 1.807) is 0 Å². The topological polar surface area (TPSA) is 74.2 Å². The number of nitrogens with two attached hydrogens (primary N) is 1. The molecule has 0 bridgehead atoms. The number of unbranched alkanes of at least 4 members (excludes halogenated alkanes) is 2.